The molecule has 0 aliphatic carbocycles. The van der Waals surface area contributed by atoms with Gasteiger partial charge in [-0.25, -0.2) is 4.39 Å². The summed E-state index contributed by atoms with van der Waals surface area (Å²) in [5, 5.41) is 7.87. The van der Waals surface area contributed by atoms with Crippen molar-refractivity contribution in [3.8, 4) is 5.75 Å². The molecule has 0 saturated heterocycles. The zero-order chi connectivity index (χ0) is 20.0. The van der Waals surface area contributed by atoms with Gasteiger partial charge in [0.05, 0.1) is 12.2 Å². The van der Waals surface area contributed by atoms with Gasteiger partial charge in [-0.05, 0) is 25.0 Å². The maximum Gasteiger partial charge on any atom is 0.193 e. The second kappa shape index (κ2) is 9.39. The Morgan fingerprint density at radius 1 is 1.37 bits per heavy atom. The van der Waals surface area contributed by atoms with Gasteiger partial charge in [0.25, 0.3) is 0 Å². The molecule has 0 radical (unpaired) electrons. The smallest absolute Gasteiger partial charge is 0.193 e. The lowest BCUT2D eigenvalue weighted by Gasteiger charge is -2.24. The van der Waals surface area contributed by atoms with Crippen LogP contribution >= 0.6 is 0 Å². The summed E-state index contributed by atoms with van der Waals surface area (Å²) in [5.74, 6) is 1.35. The van der Waals surface area contributed by atoms with E-state index in [9.17, 15) is 4.39 Å². The average molecular weight is 375 g/mol. The normalized spacial score (nSPS) is 13.0. The van der Waals surface area contributed by atoms with Crippen molar-refractivity contribution in [1.29, 1.82) is 0 Å². The molecule has 0 amide bonds. The van der Waals surface area contributed by atoms with Crippen molar-refractivity contribution in [2.24, 2.45) is 12.0 Å². The SMILES string of the molecule is CN=C(NCC(C)Oc1cccc(F)c1)N(C)Cc1cn(C)nc1C(C)C. The van der Waals surface area contributed by atoms with Crippen molar-refractivity contribution in [2.75, 3.05) is 20.6 Å². The fourth-order valence-electron chi connectivity index (χ4n) is 2.93. The highest BCUT2D eigenvalue weighted by Gasteiger charge is 2.15. The topological polar surface area (TPSA) is 54.7 Å². The lowest BCUT2D eigenvalue weighted by atomic mass is 10.1. The summed E-state index contributed by atoms with van der Waals surface area (Å²) in [7, 11) is 5.68. The molecule has 0 spiro atoms. The van der Waals surface area contributed by atoms with Crippen LogP contribution in [0, 0.1) is 5.82 Å². The lowest BCUT2D eigenvalue weighted by molar-refractivity contribution is 0.221. The summed E-state index contributed by atoms with van der Waals surface area (Å²) in [6, 6.07) is 6.16. The zero-order valence-corrected chi connectivity index (χ0v) is 17.0. The molecule has 1 atom stereocenters. The van der Waals surface area contributed by atoms with E-state index in [2.05, 4.69) is 40.4 Å². The third kappa shape index (κ3) is 5.98. The van der Waals surface area contributed by atoms with Gasteiger partial charge in [-0.1, -0.05) is 19.9 Å². The molecule has 0 aliphatic heterocycles. The molecule has 0 fully saturated rings. The molecule has 1 aromatic heterocycles. The van der Waals surface area contributed by atoms with Crippen LogP contribution in [-0.4, -0.2) is 47.4 Å². The fraction of sp³-hybridized carbons (Fsp3) is 0.500. The van der Waals surface area contributed by atoms with E-state index in [1.807, 2.05) is 25.7 Å². The number of nitrogens with one attached hydrogen (secondary N) is 1. The first-order valence-electron chi connectivity index (χ1n) is 9.16. The minimum Gasteiger partial charge on any atom is -0.489 e. The number of ether oxygens (including phenoxy) is 1. The molecule has 148 valence electrons. The van der Waals surface area contributed by atoms with Gasteiger partial charge in [-0.3, -0.25) is 9.67 Å². The number of guanidine groups is 1. The molecular formula is C20H30FN5O. The largest absolute Gasteiger partial charge is 0.489 e. The van der Waals surface area contributed by atoms with Crippen LogP contribution in [0.3, 0.4) is 0 Å². The molecule has 1 aromatic carbocycles. The van der Waals surface area contributed by atoms with E-state index in [0.29, 0.717) is 24.8 Å². The third-order valence-corrected chi connectivity index (χ3v) is 4.15. The first-order chi connectivity index (χ1) is 12.8. The van der Waals surface area contributed by atoms with Crippen LogP contribution in [0.25, 0.3) is 0 Å². The third-order valence-electron chi connectivity index (χ3n) is 4.15. The Kier molecular flexibility index (Phi) is 7.21. The summed E-state index contributed by atoms with van der Waals surface area (Å²) >= 11 is 0. The van der Waals surface area contributed by atoms with Crippen molar-refractivity contribution in [3.05, 3.63) is 47.5 Å². The minimum atomic E-state index is -0.305. The summed E-state index contributed by atoms with van der Waals surface area (Å²) < 4.78 is 20.9. The molecule has 1 N–H and O–H groups in total. The predicted octanol–water partition coefficient (Wildman–Crippen LogP) is 3.16. The Hall–Kier alpha value is -2.57. The standard InChI is InChI=1S/C20H30FN5O/c1-14(2)19-16(13-26(6)24-19)12-25(5)20(22-4)23-11-15(3)27-18-9-7-8-17(21)10-18/h7-10,13-15H,11-12H2,1-6H3,(H,22,23). The van der Waals surface area contributed by atoms with Crippen LogP contribution in [-0.2, 0) is 13.6 Å². The predicted molar refractivity (Wildman–Crippen MR) is 107 cm³/mol. The number of aromatic nitrogens is 2. The van der Waals surface area contributed by atoms with Crippen LogP contribution in [0.2, 0.25) is 0 Å². The Labute approximate surface area is 161 Å². The Bertz CT molecular complexity index is 771. The van der Waals surface area contributed by atoms with Gasteiger partial charge in [0, 0.05) is 45.5 Å². The van der Waals surface area contributed by atoms with E-state index >= 15 is 0 Å². The van der Waals surface area contributed by atoms with E-state index < -0.39 is 0 Å². The maximum absolute atomic E-state index is 13.3. The Balaban J connectivity index is 1.92. The van der Waals surface area contributed by atoms with Crippen LogP contribution in [0.4, 0.5) is 4.39 Å². The number of hydrogen-bond donors (Lipinski definition) is 1. The van der Waals surface area contributed by atoms with E-state index in [0.717, 1.165) is 11.7 Å². The van der Waals surface area contributed by atoms with Gasteiger partial charge in [-0.2, -0.15) is 5.10 Å². The van der Waals surface area contributed by atoms with Gasteiger partial charge in [0.15, 0.2) is 5.96 Å². The number of aryl methyl sites for hydroxylation is 1. The van der Waals surface area contributed by atoms with Gasteiger partial charge in [0.1, 0.15) is 17.7 Å². The molecule has 6 nitrogen and oxygen atoms in total. The first kappa shape index (κ1) is 20.7. The van der Waals surface area contributed by atoms with Gasteiger partial charge in [-0.15, -0.1) is 0 Å². The van der Waals surface area contributed by atoms with Crippen molar-refractivity contribution in [1.82, 2.24) is 20.0 Å². The van der Waals surface area contributed by atoms with Crippen LogP contribution < -0.4 is 10.1 Å². The zero-order valence-electron chi connectivity index (χ0n) is 17.0. The minimum absolute atomic E-state index is 0.137. The summed E-state index contributed by atoms with van der Waals surface area (Å²) in [5.41, 5.74) is 2.28. The van der Waals surface area contributed by atoms with Gasteiger partial charge >= 0.3 is 0 Å². The number of halogens is 1. The number of hydrogen-bond acceptors (Lipinski definition) is 3. The Morgan fingerprint density at radius 2 is 2.11 bits per heavy atom. The highest BCUT2D eigenvalue weighted by molar-refractivity contribution is 5.79. The number of aliphatic imine (C=N–C) groups is 1. The summed E-state index contributed by atoms with van der Waals surface area (Å²) in [6.45, 7) is 7.48. The fourth-order valence-corrected chi connectivity index (χ4v) is 2.93. The molecule has 0 saturated carbocycles. The molecule has 27 heavy (non-hydrogen) atoms. The second-order valence-corrected chi connectivity index (χ2v) is 7.04. The monoisotopic (exact) mass is 375 g/mol. The van der Waals surface area contributed by atoms with Gasteiger partial charge in [0.2, 0.25) is 0 Å². The highest BCUT2D eigenvalue weighted by atomic mass is 19.1. The van der Waals surface area contributed by atoms with E-state index in [1.165, 1.54) is 17.7 Å². The lowest BCUT2D eigenvalue weighted by Crippen LogP contribution is -2.42. The molecular weight excluding hydrogens is 345 g/mol. The maximum atomic E-state index is 13.3. The average Bonchev–Trinajstić information content (AvgIpc) is 2.96. The van der Waals surface area contributed by atoms with Crippen LogP contribution in [0.1, 0.15) is 37.9 Å². The molecule has 2 rings (SSSR count). The number of nitrogens with zero attached hydrogens (tertiary/aromatic N) is 4. The molecule has 1 unspecified atom stereocenters. The van der Waals surface area contributed by atoms with E-state index in [-0.39, 0.29) is 11.9 Å². The molecule has 0 bridgehead atoms. The molecule has 7 heteroatoms. The molecule has 2 aromatic rings. The van der Waals surface area contributed by atoms with Crippen LogP contribution in [0.5, 0.6) is 5.75 Å². The first-order valence-corrected chi connectivity index (χ1v) is 9.16. The van der Waals surface area contributed by atoms with Crippen molar-refractivity contribution < 1.29 is 9.13 Å². The molecule has 0 aliphatic rings. The summed E-state index contributed by atoms with van der Waals surface area (Å²) in [6.07, 6.45) is 1.91. The second-order valence-electron chi connectivity index (χ2n) is 7.04. The van der Waals surface area contributed by atoms with E-state index in [1.54, 1.807) is 19.2 Å². The highest BCUT2D eigenvalue weighted by Crippen LogP contribution is 2.18. The van der Waals surface area contributed by atoms with Crippen molar-refractivity contribution in [2.45, 2.75) is 39.3 Å². The summed E-state index contributed by atoms with van der Waals surface area (Å²) in [4.78, 5) is 6.40. The Morgan fingerprint density at radius 3 is 2.74 bits per heavy atom. The van der Waals surface area contributed by atoms with Gasteiger partial charge < -0.3 is 15.0 Å². The molecule has 1 heterocycles. The number of benzene rings is 1. The van der Waals surface area contributed by atoms with Crippen LogP contribution in [0.15, 0.2) is 35.5 Å². The van der Waals surface area contributed by atoms with Crippen molar-refractivity contribution in [3.63, 3.8) is 0 Å². The number of rotatable bonds is 7. The quantitative estimate of drug-likeness (QED) is 0.597. The van der Waals surface area contributed by atoms with Crippen molar-refractivity contribution >= 4 is 5.96 Å². The van der Waals surface area contributed by atoms with E-state index in [4.69, 9.17) is 4.74 Å².